The van der Waals surface area contributed by atoms with Gasteiger partial charge in [0.2, 0.25) is 0 Å². The molecule has 1 aliphatic rings. The maximum Gasteiger partial charge on any atom is 0.433 e. The average Bonchev–Trinajstić information content (AvgIpc) is 2.98. The molecule has 3 heterocycles. The van der Waals surface area contributed by atoms with Crippen LogP contribution in [0.25, 0.3) is 0 Å². The molecule has 0 amide bonds. The molecule has 0 unspecified atom stereocenters. The number of pyridine rings is 1. The molecule has 8 heteroatoms. The average molecular weight is 340 g/mol. The molecule has 0 radical (unpaired) electrons. The van der Waals surface area contributed by atoms with E-state index in [9.17, 15) is 13.2 Å². The summed E-state index contributed by atoms with van der Waals surface area (Å²) in [6.07, 6.45) is 2.00. The zero-order chi connectivity index (χ0) is 17.2. The highest BCUT2D eigenvalue weighted by molar-refractivity contribution is 5.43. The zero-order valence-corrected chi connectivity index (χ0v) is 13.3. The van der Waals surface area contributed by atoms with Crippen LogP contribution in [0.15, 0.2) is 30.7 Å². The van der Waals surface area contributed by atoms with Gasteiger partial charge in [-0.3, -0.25) is 4.98 Å². The van der Waals surface area contributed by atoms with E-state index in [1.165, 1.54) is 12.3 Å². The van der Waals surface area contributed by atoms with Crippen LogP contribution in [-0.2, 0) is 18.0 Å². The van der Waals surface area contributed by atoms with Crippen LogP contribution in [0.1, 0.15) is 30.5 Å². The van der Waals surface area contributed by atoms with Crippen molar-refractivity contribution < 1.29 is 17.9 Å². The van der Waals surface area contributed by atoms with Gasteiger partial charge >= 0.3 is 6.18 Å². The monoisotopic (exact) mass is 340 g/mol. The largest absolute Gasteiger partial charge is 0.433 e. The van der Waals surface area contributed by atoms with Crippen LogP contribution in [-0.4, -0.2) is 27.7 Å². The predicted molar refractivity (Wildman–Crippen MR) is 82.4 cm³/mol. The second-order valence-corrected chi connectivity index (χ2v) is 5.90. The summed E-state index contributed by atoms with van der Waals surface area (Å²) < 4.78 is 46.0. The summed E-state index contributed by atoms with van der Waals surface area (Å²) in [5, 5.41) is 3.08. The maximum absolute atomic E-state index is 12.7. The summed E-state index contributed by atoms with van der Waals surface area (Å²) >= 11 is 0. The Morgan fingerprint density at radius 1 is 1.33 bits per heavy atom. The summed E-state index contributed by atoms with van der Waals surface area (Å²) in [5.74, 6) is 0.981. The number of aryl methyl sites for hydroxylation is 1. The molecule has 1 aliphatic heterocycles. The first-order valence-electron chi connectivity index (χ1n) is 7.81. The van der Waals surface area contributed by atoms with E-state index in [4.69, 9.17) is 4.74 Å². The maximum atomic E-state index is 12.7. The predicted octanol–water partition coefficient (Wildman–Crippen LogP) is 3.41. The standard InChI is InChI=1S/C16H19F3N4O/c1-23-7-6-21-15(23)14-11(3-2-8-24-14)10-22-12-4-5-20-13(9-12)16(17,18)19/h4-7,9,11,14H,2-3,8,10H2,1H3,(H,20,22)/t11-,14+/m0/s1. The first kappa shape index (κ1) is 16.8. The first-order chi connectivity index (χ1) is 11.4. The molecular formula is C16H19F3N4O. The number of alkyl halides is 3. The molecule has 2 aromatic heterocycles. The number of aromatic nitrogens is 3. The minimum Gasteiger partial charge on any atom is -0.385 e. The number of nitrogens with one attached hydrogen (secondary N) is 1. The number of imidazole rings is 1. The molecule has 0 spiro atoms. The molecule has 5 nitrogen and oxygen atoms in total. The molecule has 1 fully saturated rings. The third-order valence-corrected chi connectivity index (χ3v) is 4.18. The number of rotatable bonds is 4. The summed E-state index contributed by atoms with van der Waals surface area (Å²) in [5.41, 5.74) is -0.491. The SMILES string of the molecule is Cn1ccnc1[C@@H]1OCCC[C@H]1CNc1ccnc(C(F)(F)F)c1. The van der Waals surface area contributed by atoms with E-state index in [1.807, 2.05) is 17.8 Å². The second kappa shape index (κ2) is 6.80. The summed E-state index contributed by atoms with van der Waals surface area (Å²) in [4.78, 5) is 7.71. The van der Waals surface area contributed by atoms with Gasteiger partial charge in [0.05, 0.1) is 0 Å². The van der Waals surface area contributed by atoms with Crippen LogP contribution < -0.4 is 5.32 Å². The molecule has 0 aliphatic carbocycles. The van der Waals surface area contributed by atoms with Gasteiger partial charge in [-0.05, 0) is 25.0 Å². The molecule has 2 aromatic rings. The summed E-state index contributed by atoms with van der Waals surface area (Å²) in [6.45, 7) is 1.18. The van der Waals surface area contributed by atoms with Crippen molar-refractivity contribution in [2.24, 2.45) is 13.0 Å². The molecule has 0 aromatic carbocycles. The van der Waals surface area contributed by atoms with Gasteiger partial charge in [0.25, 0.3) is 0 Å². The Bertz CT molecular complexity index is 686. The minimum absolute atomic E-state index is 0.141. The lowest BCUT2D eigenvalue weighted by Crippen LogP contribution is -2.30. The van der Waals surface area contributed by atoms with Crippen molar-refractivity contribution in [3.05, 3.63) is 42.2 Å². The van der Waals surface area contributed by atoms with Gasteiger partial charge in [0.1, 0.15) is 17.6 Å². The number of halogens is 3. The highest BCUT2D eigenvalue weighted by Crippen LogP contribution is 2.33. The fraction of sp³-hybridized carbons (Fsp3) is 0.500. The Hall–Kier alpha value is -2.09. The quantitative estimate of drug-likeness (QED) is 0.927. The van der Waals surface area contributed by atoms with Gasteiger partial charge in [-0.1, -0.05) is 0 Å². The first-order valence-corrected chi connectivity index (χ1v) is 7.81. The van der Waals surface area contributed by atoms with Crippen molar-refractivity contribution in [2.75, 3.05) is 18.5 Å². The number of ether oxygens (including phenoxy) is 1. The van der Waals surface area contributed by atoms with E-state index in [2.05, 4.69) is 15.3 Å². The van der Waals surface area contributed by atoms with Gasteiger partial charge in [0, 0.05) is 50.4 Å². The van der Waals surface area contributed by atoms with Crippen molar-refractivity contribution in [1.82, 2.24) is 14.5 Å². The molecule has 1 saturated heterocycles. The number of hydrogen-bond acceptors (Lipinski definition) is 4. The van der Waals surface area contributed by atoms with Crippen molar-refractivity contribution >= 4 is 5.69 Å². The van der Waals surface area contributed by atoms with Gasteiger partial charge in [-0.2, -0.15) is 13.2 Å². The smallest absolute Gasteiger partial charge is 0.385 e. The molecule has 1 N–H and O–H groups in total. The van der Waals surface area contributed by atoms with Gasteiger partial charge in [0.15, 0.2) is 0 Å². The third-order valence-electron chi connectivity index (χ3n) is 4.18. The third kappa shape index (κ3) is 3.69. The Morgan fingerprint density at radius 2 is 2.17 bits per heavy atom. The molecular weight excluding hydrogens is 321 g/mol. The second-order valence-electron chi connectivity index (χ2n) is 5.90. The lowest BCUT2D eigenvalue weighted by atomic mass is 9.93. The normalized spacial score (nSPS) is 21.7. The van der Waals surface area contributed by atoms with Crippen LogP contribution >= 0.6 is 0 Å². The van der Waals surface area contributed by atoms with Crippen LogP contribution in [0.2, 0.25) is 0 Å². The Kier molecular flexibility index (Phi) is 4.75. The molecule has 0 bridgehead atoms. The molecule has 24 heavy (non-hydrogen) atoms. The summed E-state index contributed by atoms with van der Waals surface area (Å²) in [7, 11) is 1.91. The molecule has 0 saturated carbocycles. The Balaban J connectivity index is 1.70. The van der Waals surface area contributed by atoms with E-state index in [-0.39, 0.29) is 12.0 Å². The fourth-order valence-electron chi connectivity index (χ4n) is 2.93. The number of hydrogen-bond donors (Lipinski definition) is 1. The minimum atomic E-state index is -4.44. The lowest BCUT2D eigenvalue weighted by molar-refractivity contribution is -0.141. The number of anilines is 1. The van der Waals surface area contributed by atoms with Crippen LogP contribution in [0.4, 0.5) is 18.9 Å². The topological polar surface area (TPSA) is 52.0 Å². The fourth-order valence-corrected chi connectivity index (χ4v) is 2.93. The van der Waals surface area contributed by atoms with Crippen molar-refractivity contribution in [3.8, 4) is 0 Å². The van der Waals surface area contributed by atoms with Crippen molar-refractivity contribution in [1.29, 1.82) is 0 Å². The van der Waals surface area contributed by atoms with Gasteiger partial charge in [-0.15, -0.1) is 0 Å². The van der Waals surface area contributed by atoms with E-state index in [0.29, 0.717) is 18.8 Å². The van der Waals surface area contributed by atoms with Crippen LogP contribution in [0, 0.1) is 5.92 Å². The van der Waals surface area contributed by atoms with Crippen LogP contribution in [0.3, 0.4) is 0 Å². The Labute approximate surface area is 137 Å². The van der Waals surface area contributed by atoms with Crippen LogP contribution in [0.5, 0.6) is 0 Å². The van der Waals surface area contributed by atoms with E-state index in [1.54, 1.807) is 6.20 Å². The lowest BCUT2D eigenvalue weighted by Gasteiger charge is -2.31. The highest BCUT2D eigenvalue weighted by Gasteiger charge is 2.33. The molecule has 2 atom stereocenters. The van der Waals surface area contributed by atoms with E-state index >= 15 is 0 Å². The number of nitrogens with zero attached hydrogens (tertiary/aromatic N) is 3. The molecule has 3 rings (SSSR count). The van der Waals surface area contributed by atoms with Gasteiger partial charge in [-0.25, -0.2) is 4.98 Å². The van der Waals surface area contributed by atoms with Crippen molar-refractivity contribution in [2.45, 2.75) is 25.1 Å². The van der Waals surface area contributed by atoms with Gasteiger partial charge < -0.3 is 14.6 Å². The van der Waals surface area contributed by atoms with Crippen molar-refractivity contribution in [3.63, 3.8) is 0 Å². The van der Waals surface area contributed by atoms with E-state index < -0.39 is 11.9 Å². The highest BCUT2D eigenvalue weighted by atomic mass is 19.4. The Morgan fingerprint density at radius 3 is 2.88 bits per heavy atom. The molecule has 130 valence electrons. The van der Waals surface area contributed by atoms with E-state index in [0.717, 1.165) is 24.7 Å². The summed E-state index contributed by atoms with van der Waals surface area (Å²) in [6, 6.07) is 2.56. The zero-order valence-electron chi connectivity index (χ0n) is 13.3.